The summed E-state index contributed by atoms with van der Waals surface area (Å²) >= 11 is 3.09. The van der Waals surface area contributed by atoms with E-state index in [1.54, 1.807) is 0 Å². The molecule has 0 aliphatic carbocycles. The van der Waals surface area contributed by atoms with E-state index in [-0.39, 0.29) is 16.9 Å². The highest BCUT2D eigenvalue weighted by Gasteiger charge is 2.12. The minimum Gasteiger partial charge on any atom is -0.399 e. The van der Waals surface area contributed by atoms with Crippen LogP contribution in [-0.4, -0.2) is 5.91 Å². The van der Waals surface area contributed by atoms with E-state index in [0.29, 0.717) is 4.47 Å². The van der Waals surface area contributed by atoms with Crippen molar-refractivity contribution in [2.45, 2.75) is 0 Å². The van der Waals surface area contributed by atoms with Crippen molar-refractivity contribution < 1.29 is 13.6 Å². The van der Waals surface area contributed by atoms with Crippen molar-refractivity contribution in [3.63, 3.8) is 0 Å². The SMILES string of the molecule is Nc1cc(F)cc(NC(=O)c2ccc(Br)cc2F)c1. The molecule has 0 saturated heterocycles. The van der Waals surface area contributed by atoms with E-state index in [1.807, 2.05) is 0 Å². The van der Waals surface area contributed by atoms with Crippen molar-refractivity contribution in [3.05, 3.63) is 58.1 Å². The first-order valence-corrected chi connectivity index (χ1v) is 6.07. The second-order valence-corrected chi connectivity index (χ2v) is 4.77. The van der Waals surface area contributed by atoms with Crippen LogP contribution in [0, 0.1) is 11.6 Å². The molecular weight excluding hydrogens is 318 g/mol. The van der Waals surface area contributed by atoms with Crippen LogP contribution >= 0.6 is 15.9 Å². The highest BCUT2D eigenvalue weighted by atomic mass is 79.9. The molecule has 19 heavy (non-hydrogen) atoms. The Labute approximate surface area is 116 Å². The van der Waals surface area contributed by atoms with E-state index < -0.39 is 17.5 Å². The summed E-state index contributed by atoms with van der Waals surface area (Å²) in [6, 6.07) is 7.66. The quantitative estimate of drug-likeness (QED) is 0.829. The van der Waals surface area contributed by atoms with Gasteiger partial charge in [0.1, 0.15) is 11.6 Å². The van der Waals surface area contributed by atoms with Crippen LogP contribution in [-0.2, 0) is 0 Å². The molecule has 0 atom stereocenters. The Balaban J connectivity index is 2.25. The Morgan fingerprint density at radius 2 is 1.89 bits per heavy atom. The van der Waals surface area contributed by atoms with Gasteiger partial charge in [0.2, 0.25) is 0 Å². The number of carbonyl (C=O) groups excluding carboxylic acids is 1. The van der Waals surface area contributed by atoms with Gasteiger partial charge in [-0.25, -0.2) is 8.78 Å². The molecule has 3 nitrogen and oxygen atoms in total. The second-order valence-electron chi connectivity index (χ2n) is 3.85. The van der Waals surface area contributed by atoms with Gasteiger partial charge < -0.3 is 11.1 Å². The van der Waals surface area contributed by atoms with Crippen LogP contribution in [0.2, 0.25) is 0 Å². The van der Waals surface area contributed by atoms with E-state index in [9.17, 15) is 13.6 Å². The predicted molar refractivity (Wildman–Crippen MR) is 72.9 cm³/mol. The molecule has 2 aromatic rings. The molecule has 0 heterocycles. The van der Waals surface area contributed by atoms with Crippen LogP contribution in [0.1, 0.15) is 10.4 Å². The molecular formula is C13H9BrF2N2O. The van der Waals surface area contributed by atoms with Crippen LogP contribution in [0.25, 0.3) is 0 Å². The van der Waals surface area contributed by atoms with Crippen molar-refractivity contribution >= 4 is 33.2 Å². The van der Waals surface area contributed by atoms with Gasteiger partial charge >= 0.3 is 0 Å². The Bertz CT molecular complexity index is 626. The molecule has 0 radical (unpaired) electrons. The zero-order valence-electron chi connectivity index (χ0n) is 9.58. The lowest BCUT2D eigenvalue weighted by atomic mass is 10.2. The van der Waals surface area contributed by atoms with Gasteiger partial charge in [-0.1, -0.05) is 15.9 Å². The van der Waals surface area contributed by atoms with E-state index in [1.165, 1.54) is 24.3 Å². The normalized spacial score (nSPS) is 10.3. The number of halogens is 3. The van der Waals surface area contributed by atoms with Gasteiger partial charge in [0.25, 0.3) is 5.91 Å². The van der Waals surface area contributed by atoms with Crippen molar-refractivity contribution in [3.8, 4) is 0 Å². The zero-order valence-corrected chi connectivity index (χ0v) is 11.2. The molecule has 98 valence electrons. The number of nitrogen functional groups attached to an aromatic ring is 1. The fraction of sp³-hybridized carbons (Fsp3) is 0. The van der Waals surface area contributed by atoms with Gasteiger partial charge in [0.05, 0.1) is 5.56 Å². The molecule has 1 amide bonds. The van der Waals surface area contributed by atoms with Crippen LogP contribution < -0.4 is 11.1 Å². The molecule has 0 spiro atoms. The Hall–Kier alpha value is -1.95. The Morgan fingerprint density at radius 3 is 2.53 bits per heavy atom. The smallest absolute Gasteiger partial charge is 0.258 e. The maximum Gasteiger partial charge on any atom is 0.258 e. The highest BCUT2D eigenvalue weighted by molar-refractivity contribution is 9.10. The predicted octanol–water partition coefficient (Wildman–Crippen LogP) is 3.56. The number of rotatable bonds is 2. The van der Waals surface area contributed by atoms with Crippen molar-refractivity contribution in [2.75, 3.05) is 11.1 Å². The molecule has 3 N–H and O–H groups in total. The molecule has 0 aromatic heterocycles. The monoisotopic (exact) mass is 326 g/mol. The number of amides is 1. The summed E-state index contributed by atoms with van der Waals surface area (Å²) in [6.45, 7) is 0. The third-order valence-corrected chi connectivity index (χ3v) is 2.85. The standard InChI is InChI=1S/C13H9BrF2N2O/c14-7-1-2-11(12(16)3-7)13(19)18-10-5-8(15)4-9(17)6-10/h1-6H,17H2,(H,18,19). The molecule has 0 aliphatic rings. The summed E-state index contributed by atoms with van der Waals surface area (Å²) in [5.74, 6) is -1.92. The lowest BCUT2D eigenvalue weighted by Crippen LogP contribution is -2.14. The number of anilines is 2. The maximum absolute atomic E-state index is 13.6. The van der Waals surface area contributed by atoms with E-state index in [0.717, 1.165) is 12.1 Å². The maximum atomic E-state index is 13.6. The van der Waals surface area contributed by atoms with Crippen LogP contribution in [0.5, 0.6) is 0 Å². The zero-order chi connectivity index (χ0) is 14.0. The summed E-state index contributed by atoms with van der Waals surface area (Å²) in [5.41, 5.74) is 5.66. The molecule has 0 fully saturated rings. The number of nitrogens with two attached hydrogens (primary N) is 1. The minimum absolute atomic E-state index is 0.133. The van der Waals surface area contributed by atoms with Gasteiger partial charge in [-0.3, -0.25) is 4.79 Å². The number of hydrogen-bond donors (Lipinski definition) is 2. The third kappa shape index (κ3) is 3.29. The summed E-state index contributed by atoms with van der Waals surface area (Å²) in [7, 11) is 0. The number of benzene rings is 2. The average Bonchev–Trinajstić information content (AvgIpc) is 2.26. The van der Waals surface area contributed by atoms with Crippen molar-refractivity contribution in [1.29, 1.82) is 0 Å². The van der Waals surface area contributed by atoms with E-state index in [2.05, 4.69) is 21.2 Å². The number of nitrogens with one attached hydrogen (secondary N) is 1. The van der Waals surface area contributed by atoms with Crippen LogP contribution in [0.4, 0.5) is 20.2 Å². The fourth-order valence-corrected chi connectivity index (χ4v) is 1.89. The molecule has 2 aromatic carbocycles. The van der Waals surface area contributed by atoms with Gasteiger partial charge in [-0.05, 0) is 36.4 Å². The minimum atomic E-state index is -0.671. The first-order valence-electron chi connectivity index (χ1n) is 5.28. The lowest BCUT2D eigenvalue weighted by Gasteiger charge is -2.07. The van der Waals surface area contributed by atoms with E-state index >= 15 is 0 Å². The average molecular weight is 327 g/mol. The molecule has 0 aliphatic heterocycles. The molecule has 0 bridgehead atoms. The summed E-state index contributed by atoms with van der Waals surface area (Å²) < 4.78 is 27.2. The third-order valence-electron chi connectivity index (χ3n) is 2.35. The van der Waals surface area contributed by atoms with Crippen LogP contribution in [0.3, 0.4) is 0 Å². The number of hydrogen-bond acceptors (Lipinski definition) is 2. The molecule has 2 rings (SSSR count). The molecule has 6 heteroatoms. The lowest BCUT2D eigenvalue weighted by molar-refractivity contribution is 0.102. The van der Waals surface area contributed by atoms with Gasteiger partial charge in [-0.2, -0.15) is 0 Å². The summed E-state index contributed by atoms with van der Waals surface area (Å²) in [5, 5.41) is 2.39. The van der Waals surface area contributed by atoms with E-state index in [4.69, 9.17) is 5.73 Å². The largest absolute Gasteiger partial charge is 0.399 e. The summed E-state index contributed by atoms with van der Waals surface area (Å²) in [4.78, 5) is 11.8. The Morgan fingerprint density at radius 1 is 1.16 bits per heavy atom. The molecule has 0 saturated carbocycles. The fourth-order valence-electron chi connectivity index (χ4n) is 1.56. The van der Waals surface area contributed by atoms with Gasteiger partial charge in [-0.15, -0.1) is 0 Å². The topological polar surface area (TPSA) is 55.1 Å². The van der Waals surface area contributed by atoms with Gasteiger partial charge in [0, 0.05) is 15.8 Å². The Kier molecular flexibility index (Phi) is 3.80. The van der Waals surface area contributed by atoms with Crippen LogP contribution in [0.15, 0.2) is 40.9 Å². The number of carbonyl (C=O) groups is 1. The van der Waals surface area contributed by atoms with Crippen molar-refractivity contribution in [2.24, 2.45) is 0 Å². The van der Waals surface area contributed by atoms with Gasteiger partial charge in [0.15, 0.2) is 0 Å². The summed E-state index contributed by atoms with van der Waals surface area (Å²) in [6.07, 6.45) is 0. The second kappa shape index (κ2) is 5.36. The first-order chi connectivity index (χ1) is 8.95. The highest BCUT2D eigenvalue weighted by Crippen LogP contribution is 2.19. The molecule has 0 unspecified atom stereocenters. The van der Waals surface area contributed by atoms with Crippen molar-refractivity contribution in [1.82, 2.24) is 0 Å². The first kappa shape index (κ1) is 13.5.